The highest BCUT2D eigenvalue weighted by Gasteiger charge is 2.36. The minimum absolute atomic E-state index is 0.168. The van der Waals surface area contributed by atoms with Gasteiger partial charge in [0.05, 0.1) is 18.3 Å². The molecular formula is C25H27F3N2O5. The summed E-state index contributed by atoms with van der Waals surface area (Å²) in [5.74, 6) is -1.07. The molecule has 7 nitrogen and oxygen atoms in total. The number of benzene rings is 2. The monoisotopic (exact) mass is 492 g/mol. The molecular weight excluding hydrogens is 465 g/mol. The van der Waals surface area contributed by atoms with Crippen molar-refractivity contribution in [2.75, 3.05) is 18.1 Å². The summed E-state index contributed by atoms with van der Waals surface area (Å²) in [6.45, 7) is 0.168. The van der Waals surface area contributed by atoms with Crippen LogP contribution in [0.4, 0.5) is 24.5 Å². The fraction of sp³-hybridized carbons (Fsp3) is 0.360. The maximum Gasteiger partial charge on any atom is 0.522 e. The number of hydrogen-bond acceptors (Lipinski definition) is 7. The number of carbonyl (C=O) groups is 2. The summed E-state index contributed by atoms with van der Waals surface area (Å²) in [5, 5.41) is 0. The van der Waals surface area contributed by atoms with Crippen molar-refractivity contribution in [2.45, 2.75) is 50.7 Å². The van der Waals surface area contributed by atoms with Crippen LogP contribution in [-0.4, -0.2) is 37.1 Å². The van der Waals surface area contributed by atoms with Gasteiger partial charge >= 0.3 is 18.3 Å². The average molecular weight is 492 g/mol. The van der Waals surface area contributed by atoms with E-state index in [9.17, 15) is 22.8 Å². The van der Waals surface area contributed by atoms with E-state index in [0.29, 0.717) is 41.8 Å². The minimum Gasteiger partial charge on any atom is -0.462 e. The summed E-state index contributed by atoms with van der Waals surface area (Å²) >= 11 is 0. The average Bonchev–Trinajstić information content (AvgIpc) is 2.78. The molecule has 4 N–H and O–H groups in total. The minimum atomic E-state index is -4.66. The van der Waals surface area contributed by atoms with Gasteiger partial charge in [-0.3, -0.25) is 4.74 Å². The van der Waals surface area contributed by atoms with E-state index in [2.05, 4.69) is 4.74 Å². The molecule has 0 spiro atoms. The van der Waals surface area contributed by atoms with Gasteiger partial charge in [0.25, 0.3) is 0 Å². The SMILES string of the molecule is Nc1cc(N)cc(CCOC(=O)C=Cc2ccc(C(=O)OC3CCC(OC(F)(F)F)CC3)cc2)c1. The highest BCUT2D eigenvalue weighted by atomic mass is 19.4. The van der Waals surface area contributed by atoms with E-state index in [1.807, 2.05) is 0 Å². The predicted octanol–water partition coefficient (Wildman–Crippen LogP) is 4.65. The number of nitrogens with two attached hydrogens (primary N) is 2. The Balaban J connectivity index is 1.41. The zero-order valence-electron chi connectivity index (χ0n) is 18.9. The fourth-order valence-electron chi connectivity index (χ4n) is 3.78. The lowest BCUT2D eigenvalue weighted by molar-refractivity contribution is -0.346. The number of rotatable bonds is 8. The number of ether oxygens (including phenoxy) is 3. The number of hydrogen-bond donors (Lipinski definition) is 2. The normalized spacial score (nSPS) is 18.4. The van der Waals surface area contributed by atoms with E-state index >= 15 is 0 Å². The summed E-state index contributed by atoms with van der Waals surface area (Å²) in [7, 11) is 0. The first kappa shape index (κ1) is 26.1. The second-order valence-electron chi connectivity index (χ2n) is 8.25. The van der Waals surface area contributed by atoms with Crippen LogP contribution in [0.25, 0.3) is 6.08 Å². The Morgan fingerprint density at radius 2 is 1.54 bits per heavy atom. The molecule has 188 valence electrons. The molecule has 35 heavy (non-hydrogen) atoms. The van der Waals surface area contributed by atoms with Crippen LogP contribution in [0.2, 0.25) is 0 Å². The zero-order valence-corrected chi connectivity index (χ0v) is 18.9. The van der Waals surface area contributed by atoms with Gasteiger partial charge in [-0.05, 0) is 73.2 Å². The summed E-state index contributed by atoms with van der Waals surface area (Å²) in [6.07, 6.45) is -1.75. The van der Waals surface area contributed by atoms with Gasteiger partial charge in [0.15, 0.2) is 0 Å². The quantitative estimate of drug-likeness (QED) is 0.313. The zero-order chi connectivity index (χ0) is 25.4. The van der Waals surface area contributed by atoms with E-state index in [-0.39, 0.29) is 19.4 Å². The largest absolute Gasteiger partial charge is 0.522 e. The Hall–Kier alpha value is -3.53. The summed E-state index contributed by atoms with van der Waals surface area (Å²) in [6, 6.07) is 11.6. The molecule has 0 aliphatic heterocycles. The van der Waals surface area contributed by atoms with Crippen LogP contribution in [-0.2, 0) is 25.4 Å². The molecule has 3 rings (SSSR count). The number of alkyl halides is 3. The number of carbonyl (C=O) groups excluding carboxylic acids is 2. The molecule has 1 aliphatic rings. The molecule has 1 aliphatic carbocycles. The van der Waals surface area contributed by atoms with E-state index in [1.165, 1.54) is 6.08 Å². The Morgan fingerprint density at radius 3 is 2.14 bits per heavy atom. The second kappa shape index (κ2) is 11.7. The van der Waals surface area contributed by atoms with Gasteiger partial charge in [-0.1, -0.05) is 12.1 Å². The van der Waals surface area contributed by atoms with Crippen LogP contribution in [0.15, 0.2) is 48.5 Å². The third-order valence-electron chi connectivity index (χ3n) is 5.43. The molecule has 0 atom stereocenters. The van der Waals surface area contributed by atoms with Gasteiger partial charge in [0.1, 0.15) is 6.10 Å². The van der Waals surface area contributed by atoms with Crippen molar-refractivity contribution < 1.29 is 37.0 Å². The maximum atomic E-state index is 12.3. The van der Waals surface area contributed by atoms with Crippen LogP contribution in [0.3, 0.4) is 0 Å². The van der Waals surface area contributed by atoms with Gasteiger partial charge in [-0.25, -0.2) is 9.59 Å². The molecule has 0 radical (unpaired) electrons. The lowest BCUT2D eigenvalue weighted by Crippen LogP contribution is -2.31. The molecule has 0 saturated heterocycles. The van der Waals surface area contributed by atoms with Gasteiger partial charge in [0.2, 0.25) is 0 Å². The lowest BCUT2D eigenvalue weighted by atomic mass is 9.95. The molecule has 2 aromatic carbocycles. The Labute approximate surface area is 200 Å². The van der Waals surface area contributed by atoms with E-state index in [4.69, 9.17) is 20.9 Å². The third kappa shape index (κ3) is 8.97. The van der Waals surface area contributed by atoms with E-state index in [0.717, 1.165) is 5.56 Å². The van der Waals surface area contributed by atoms with Crippen molar-refractivity contribution in [3.05, 3.63) is 65.2 Å². The first-order valence-corrected chi connectivity index (χ1v) is 11.1. The van der Waals surface area contributed by atoms with Gasteiger partial charge < -0.3 is 20.9 Å². The second-order valence-corrected chi connectivity index (χ2v) is 8.25. The first-order valence-electron chi connectivity index (χ1n) is 11.1. The molecule has 0 unspecified atom stereocenters. The molecule has 10 heteroatoms. The van der Waals surface area contributed by atoms with Crippen molar-refractivity contribution >= 4 is 29.4 Å². The van der Waals surface area contributed by atoms with E-state index in [1.54, 1.807) is 48.5 Å². The van der Waals surface area contributed by atoms with Crippen molar-refractivity contribution in [1.82, 2.24) is 0 Å². The van der Waals surface area contributed by atoms with Crippen molar-refractivity contribution in [1.29, 1.82) is 0 Å². The Kier molecular flexibility index (Phi) is 8.75. The highest BCUT2D eigenvalue weighted by molar-refractivity contribution is 5.90. The van der Waals surface area contributed by atoms with Crippen LogP contribution < -0.4 is 11.5 Å². The highest BCUT2D eigenvalue weighted by Crippen LogP contribution is 2.29. The molecule has 0 amide bonds. The predicted molar refractivity (Wildman–Crippen MR) is 124 cm³/mol. The number of halogens is 3. The van der Waals surface area contributed by atoms with Gasteiger partial charge in [-0.15, -0.1) is 13.2 Å². The van der Waals surface area contributed by atoms with Crippen molar-refractivity contribution in [3.8, 4) is 0 Å². The Morgan fingerprint density at radius 1 is 0.943 bits per heavy atom. The summed E-state index contributed by atoms with van der Waals surface area (Å²) in [5.41, 5.74) is 14.4. The molecule has 0 heterocycles. The fourth-order valence-corrected chi connectivity index (χ4v) is 3.78. The maximum absolute atomic E-state index is 12.3. The van der Waals surface area contributed by atoms with Crippen molar-refractivity contribution in [2.24, 2.45) is 0 Å². The van der Waals surface area contributed by atoms with Gasteiger partial charge in [-0.2, -0.15) is 0 Å². The first-order chi connectivity index (χ1) is 16.6. The summed E-state index contributed by atoms with van der Waals surface area (Å²) in [4.78, 5) is 24.3. The van der Waals surface area contributed by atoms with E-state index < -0.39 is 30.5 Å². The van der Waals surface area contributed by atoms with Gasteiger partial charge in [0, 0.05) is 23.9 Å². The molecule has 1 saturated carbocycles. The van der Waals surface area contributed by atoms with Crippen LogP contribution in [0.1, 0.15) is 47.2 Å². The molecule has 2 aromatic rings. The standard InChI is InChI=1S/C25H27F3N2O5/c26-25(27,28)35-22-8-6-21(7-9-22)34-24(32)18-4-1-16(2-5-18)3-10-23(31)33-12-11-17-13-19(29)15-20(30)14-17/h1-5,10,13-15,21-22H,6-9,11-12,29-30H2. The van der Waals surface area contributed by atoms with Crippen LogP contribution in [0.5, 0.6) is 0 Å². The molecule has 0 aromatic heterocycles. The molecule has 0 bridgehead atoms. The lowest BCUT2D eigenvalue weighted by Gasteiger charge is -2.28. The van der Waals surface area contributed by atoms with Crippen LogP contribution >= 0.6 is 0 Å². The third-order valence-corrected chi connectivity index (χ3v) is 5.43. The molecule has 1 fully saturated rings. The Bertz CT molecular complexity index is 1030. The smallest absolute Gasteiger partial charge is 0.462 e. The summed E-state index contributed by atoms with van der Waals surface area (Å²) < 4.78 is 51.5. The van der Waals surface area contributed by atoms with Crippen LogP contribution in [0, 0.1) is 0 Å². The number of anilines is 2. The van der Waals surface area contributed by atoms with Crippen molar-refractivity contribution in [3.63, 3.8) is 0 Å². The topological polar surface area (TPSA) is 114 Å². The number of nitrogen functional groups attached to an aromatic ring is 2. The number of esters is 2.